The number of phenols is 1. The second-order valence-corrected chi connectivity index (χ2v) is 13.6. The highest BCUT2D eigenvalue weighted by atomic mass is 32.2. The molecule has 3 aliphatic rings. The van der Waals surface area contributed by atoms with E-state index in [-0.39, 0.29) is 61.0 Å². The van der Waals surface area contributed by atoms with Crippen LogP contribution >= 0.6 is 0 Å². The van der Waals surface area contributed by atoms with Gasteiger partial charge in [0, 0.05) is 75.2 Å². The van der Waals surface area contributed by atoms with E-state index in [9.17, 15) is 31.8 Å². The van der Waals surface area contributed by atoms with Gasteiger partial charge in [-0.3, -0.25) is 13.3 Å². The predicted octanol–water partition coefficient (Wildman–Crippen LogP) is 0.429. The maximum Gasteiger partial charge on any atom is 0.471 e. The first-order valence-corrected chi connectivity index (χ1v) is 16.9. The topological polar surface area (TPSA) is 245 Å². The minimum absolute atomic E-state index is 0.0528. The van der Waals surface area contributed by atoms with Gasteiger partial charge in [-0.15, -0.1) is 0 Å². The number of carbonyl (C=O) groups excluding carboxylic acids is 1. The number of hydrogen-bond acceptors (Lipinski definition) is 14. The molecule has 0 saturated carbocycles. The number of aromatic nitrogens is 3. The van der Waals surface area contributed by atoms with E-state index < -0.39 is 29.1 Å². The van der Waals surface area contributed by atoms with Crippen molar-refractivity contribution in [2.24, 2.45) is 22.9 Å². The SMILES string of the molecule is NC1CC(N)CN(c2nc(Nc3ccc(N(c4ccc5c(c4)CN(C(=O)C(F)(F)F)CC5)S(=O)[O-])c(O)c3)nc(N3CC(N)CC(N)C3)n2)C1. The summed E-state index contributed by atoms with van der Waals surface area (Å²) >= 11 is -2.96. The van der Waals surface area contributed by atoms with Crippen LogP contribution in [0.3, 0.4) is 0 Å². The molecule has 270 valence electrons. The summed E-state index contributed by atoms with van der Waals surface area (Å²) in [6.45, 7) is 1.38. The number of nitrogens with two attached hydrogens (primary N) is 4. The van der Waals surface area contributed by atoms with Gasteiger partial charge in [0.05, 0.1) is 22.6 Å². The Balaban J connectivity index is 1.28. The van der Waals surface area contributed by atoms with Crippen molar-refractivity contribution in [3.05, 3.63) is 47.5 Å². The summed E-state index contributed by atoms with van der Waals surface area (Å²) in [7, 11) is 0. The minimum Gasteiger partial charge on any atom is -0.755 e. The summed E-state index contributed by atoms with van der Waals surface area (Å²) in [6, 6.07) is 7.81. The van der Waals surface area contributed by atoms with Crippen LogP contribution in [0.5, 0.6) is 5.75 Å². The molecule has 3 aliphatic heterocycles. The van der Waals surface area contributed by atoms with Gasteiger partial charge in [0.1, 0.15) is 5.75 Å². The highest BCUT2D eigenvalue weighted by Crippen LogP contribution is 2.38. The van der Waals surface area contributed by atoms with E-state index in [0.717, 1.165) is 4.31 Å². The fraction of sp³-hybridized carbons (Fsp3) is 0.467. The minimum atomic E-state index is -5.03. The molecular weight excluding hydrogens is 681 g/mol. The largest absolute Gasteiger partial charge is 0.755 e. The van der Waals surface area contributed by atoms with E-state index in [4.69, 9.17) is 27.9 Å². The Morgan fingerprint density at radius 2 is 1.48 bits per heavy atom. The lowest BCUT2D eigenvalue weighted by molar-refractivity contribution is -0.186. The molecule has 0 bridgehead atoms. The van der Waals surface area contributed by atoms with Crippen LogP contribution in [0, 0.1) is 0 Å². The molecule has 1 amide bonds. The van der Waals surface area contributed by atoms with E-state index in [2.05, 4.69) is 15.3 Å². The average molecular weight is 720 g/mol. The molecule has 16 nitrogen and oxygen atoms in total. The molecule has 2 fully saturated rings. The number of fused-ring (bicyclic) bond motifs is 1. The molecule has 4 heterocycles. The number of rotatable bonds is 7. The fourth-order valence-corrected chi connectivity index (χ4v) is 7.21. The first-order valence-electron chi connectivity index (χ1n) is 15.9. The van der Waals surface area contributed by atoms with E-state index >= 15 is 0 Å². The molecule has 1 aromatic heterocycles. The van der Waals surface area contributed by atoms with Gasteiger partial charge in [-0.2, -0.15) is 28.1 Å². The van der Waals surface area contributed by atoms with Crippen LogP contribution in [0.2, 0.25) is 0 Å². The number of hydrogen-bond donors (Lipinski definition) is 6. The molecule has 2 aromatic carbocycles. The number of nitrogens with zero attached hydrogens (tertiary/aromatic N) is 7. The molecular formula is C30H38F3N12O4S-. The zero-order chi connectivity index (χ0) is 35.9. The molecule has 5 unspecified atom stereocenters. The summed E-state index contributed by atoms with van der Waals surface area (Å²) < 4.78 is 65.0. The van der Waals surface area contributed by atoms with Crippen molar-refractivity contribution < 1.29 is 31.8 Å². The van der Waals surface area contributed by atoms with Crippen molar-refractivity contribution in [3.63, 3.8) is 0 Å². The first-order chi connectivity index (χ1) is 23.6. The quantitative estimate of drug-likeness (QED) is 0.182. The van der Waals surface area contributed by atoms with E-state index in [0.29, 0.717) is 72.6 Å². The monoisotopic (exact) mass is 719 g/mol. The Morgan fingerprint density at radius 3 is 2.00 bits per heavy atom. The lowest BCUT2D eigenvalue weighted by atomic mass is 9.99. The van der Waals surface area contributed by atoms with Gasteiger partial charge in [-0.25, -0.2) is 0 Å². The zero-order valence-corrected chi connectivity index (χ0v) is 27.6. The van der Waals surface area contributed by atoms with Crippen LogP contribution < -0.4 is 42.4 Å². The molecule has 3 aromatic rings. The highest BCUT2D eigenvalue weighted by Gasteiger charge is 2.43. The van der Waals surface area contributed by atoms with Crippen LogP contribution in [0.1, 0.15) is 24.0 Å². The van der Waals surface area contributed by atoms with Crippen LogP contribution in [0.25, 0.3) is 0 Å². The van der Waals surface area contributed by atoms with Crippen LogP contribution in [0.15, 0.2) is 36.4 Å². The number of benzene rings is 2. The van der Waals surface area contributed by atoms with Gasteiger partial charge in [0.25, 0.3) is 0 Å². The molecule has 20 heteroatoms. The van der Waals surface area contributed by atoms with Gasteiger partial charge in [-0.1, -0.05) is 6.07 Å². The molecule has 6 rings (SSSR count). The molecule has 10 N–H and O–H groups in total. The molecule has 0 radical (unpaired) electrons. The fourth-order valence-electron chi connectivity index (χ4n) is 6.61. The Labute approximate surface area is 288 Å². The highest BCUT2D eigenvalue weighted by molar-refractivity contribution is 7.81. The van der Waals surface area contributed by atoms with E-state index in [1.807, 2.05) is 9.80 Å². The Kier molecular flexibility index (Phi) is 10.0. The lowest BCUT2D eigenvalue weighted by Crippen LogP contribution is -2.54. The van der Waals surface area contributed by atoms with Gasteiger partial charge in [0.15, 0.2) is 0 Å². The van der Waals surface area contributed by atoms with Crippen molar-refractivity contribution in [2.75, 3.05) is 52.1 Å². The van der Waals surface area contributed by atoms with Gasteiger partial charge in [-0.05, 0) is 54.7 Å². The summed E-state index contributed by atoms with van der Waals surface area (Å²) in [4.78, 5) is 30.1. The third kappa shape index (κ3) is 7.84. The van der Waals surface area contributed by atoms with Crippen molar-refractivity contribution in [3.8, 4) is 5.75 Å². The predicted molar refractivity (Wildman–Crippen MR) is 179 cm³/mol. The summed E-state index contributed by atoms with van der Waals surface area (Å²) in [5, 5.41) is 14.1. The molecule has 0 spiro atoms. The summed E-state index contributed by atoms with van der Waals surface area (Å²) in [5.74, 6) is -1.64. The molecule has 50 heavy (non-hydrogen) atoms. The number of amides is 1. The zero-order valence-electron chi connectivity index (χ0n) is 26.8. The second kappa shape index (κ2) is 14.1. The van der Waals surface area contributed by atoms with Crippen molar-refractivity contribution in [1.29, 1.82) is 0 Å². The standard InChI is InChI=1S/C30H39F3N12O4S/c31-30(32,33)26(47)42-6-5-16-1-3-23(7-17(16)11-42)45(50(48)49)24-4-2-22(10-25(24)46)38-27-39-28(43-12-18(34)8-19(35)13-43)41-29(40-27)44-14-20(36)9-21(37)15-44/h1-4,7,10,18-21,46H,5-6,8-9,11-15,34-37H2,(H,48,49)(H,38,39,40,41)/p-1. The third-order valence-corrected chi connectivity index (χ3v) is 9.48. The normalized spacial score (nSPS) is 23.3. The molecule has 5 atom stereocenters. The van der Waals surface area contributed by atoms with Crippen molar-refractivity contribution in [2.45, 2.75) is 56.2 Å². The Bertz CT molecular complexity index is 1710. The number of nitrogens with one attached hydrogen (secondary N) is 1. The van der Waals surface area contributed by atoms with Gasteiger partial charge >= 0.3 is 12.1 Å². The van der Waals surface area contributed by atoms with Crippen LogP contribution in [-0.4, -0.2) is 103 Å². The molecule has 0 aliphatic carbocycles. The second-order valence-electron chi connectivity index (χ2n) is 12.8. The number of piperidine rings is 2. The number of phenolic OH excluding ortho intramolecular Hbond substituents is 1. The maximum atomic E-state index is 13.1. The van der Waals surface area contributed by atoms with Gasteiger partial charge in [0.2, 0.25) is 17.8 Å². The van der Waals surface area contributed by atoms with E-state index in [1.54, 1.807) is 6.07 Å². The van der Waals surface area contributed by atoms with E-state index in [1.165, 1.54) is 30.3 Å². The number of alkyl halides is 3. The van der Waals surface area contributed by atoms with Crippen molar-refractivity contribution >= 4 is 52.1 Å². The summed E-state index contributed by atoms with van der Waals surface area (Å²) in [5.41, 5.74) is 26.2. The Hall–Kier alpha value is -4.34. The van der Waals surface area contributed by atoms with Crippen LogP contribution in [0.4, 0.5) is 48.1 Å². The number of halogens is 3. The van der Waals surface area contributed by atoms with Crippen LogP contribution in [-0.2, 0) is 29.0 Å². The lowest BCUT2D eigenvalue weighted by Gasteiger charge is -2.37. The number of aromatic hydroxyl groups is 1. The summed E-state index contributed by atoms with van der Waals surface area (Å²) in [6.07, 6.45) is -3.58. The van der Waals surface area contributed by atoms with Gasteiger partial charge < -0.3 is 52.6 Å². The Morgan fingerprint density at radius 1 is 0.900 bits per heavy atom. The van der Waals surface area contributed by atoms with Crippen molar-refractivity contribution in [1.82, 2.24) is 19.9 Å². The molecule has 2 saturated heterocycles. The first kappa shape index (κ1) is 35.5. The number of carbonyl (C=O) groups is 1. The average Bonchev–Trinajstić information content (AvgIpc) is 3.03. The smallest absolute Gasteiger partial charge is 0.471 e. The number of anilines is 6. The third-order valence-electron chi connectivity index (χ3n) is 8.77. The maximum absolute atomic E-state index is 13.1.